The van der Waals surface area contributed by atoms with Gasteiger partial charge in [0.25, 0.3) is 5.91 Å². The molecule has 128 valence electrons. The number of aryl methyl sites for hydroxylation is 2. The van der Waals surface area contributed by atoms with E-state index < -0.39 is 0 Å². The van der Waals surface area contributed by atoms with Gasteiger partial charge in [-0.3, -0.25) is 9.59 Å². The zero-order chi connectivity index (χ0) is 17.6. The number of carbonyl (C=O) groups is 2. The molecule has 0 aromatic heterocycles. The maximum absolute atomic E-state index is 12.3. The van der Waals surface area contributed by atoms with Gasteiger partial charge in [0.2, 0.25) is 5.91 Å². The van der Waals surface area contributed by atoms with Gasteiger partial charge in [0.1, 0.15) is 5.75 Å². The van der Waals surface area contributed by atoms with E-state index in [0.717, 1.165) is 11.1 Å². The first-order valence-corrected chi connectivity index (χ1v) is 7.91. The van der Waals surface area contributed by atoms with Crippen LogP contribution in [0, 0.1) is 13.8 Å². The molecule has 0 spiro atoms. The molecule has 0 bridgehead atoms. The number of likely N-dealkylation sites (N-methyl/N-ethyl adjacent to an activating group) is 1. The van der Waals surface area contributed by atoms with Crippen LogP contribution in [-0.4, -0.2) is 41.9 Å². The highest BCUT2D eigenvalue weighted by molar-refractivity contribution is 5.85. The summed E-state index contributed by atoms with van der Waals surface area (Å²) in [6, 6.07) is 5.87. The van der Waals surface area contributed by atoms with Crippen LogP contribution < -0.4 is 10.1 Å². The summed E-state index contributed by atoms with van der Waals surface area (Å²) in [6.07, 6.45) is 0. The van der Waals surface area contributed by atoms with E-state index in [1.807, 2.05) is 59.7 Å². The SMILES string of the molecule is CCN(CC(=O)NC(C)(C)C)C(=O)COc1cc(C)ccc1C. The summed E-state index contributed by atoms with van der Waals surface area (Å²) in [5, 5.41) is 2.86. The number of rotatable bonds is 6. The molecule has 5 heteroatoms. The second-order valence-corrected chi connectivity index (χ2v) is 6.76. The molecule has 2 amide bonds. The molecular weight excluding hydrogens is 292 g/mol. The van der Waals surface area contributed by atoms with Crippen LogP contribution in [0.2, 0.25) is 0 Å². The Morgan fingerprint density at radius 2 is 1.87 bits per heavy atom. The lowest BCUT2D eigenvalue weighted by molar-refractivity contribution is -0.137. The van der Waals surface area contributed by atoms with Gasteiger partial charge in [-0.15, -0.1) is 0 Å². The average molecular weight is 320 g/mol. The van der Waals surface area contributed by atoms with Gasteiger partial charge in [0, 0.05) is 12.1 Å². The van der Waals surface area contributed by atoms with Crippen LogP contribution in [0.1, 0.15) is 38.8 Å². The van der Waals surface area contributed by atoms with Crippen molar-refractivity contribution in [3.63, 3.8) is 0 Å². The molecule has 1 aromatic carbocycles. The van der Waals surface area contributed by atoms with Crippen molar-refractivity contribution in [3.05, 3.63) is 29.3 Å². The number of nitrogens with one attached hydrogen (secondary N) is 1. The Morgan fingerprint density at radius 1 is 1.22 bits per heavy atom. The molecule has 0 heterocycles. The van der Waals surface area contributed by atoms with E-state index in [4.69, 9.17) is 4.74 Å². The Morgan fingerprint density at radius 3 is 2.43 bits per heavy atom. The molecule has 0 aliphatic rings. The number of nitrogens with zero attached hydrogens (tertiary/aromatic N) is 1. The fourth-order valence-corrected chi connectivity index (χ4v) is 2.10. The first-order valence-electron chi connectivity index (χ1n) is 7.91. The number of ether oxygens (including phenoxy) is 1. The number of amides is 2. The Bertz CT molecular complexity index is 562. The van der Waals surface area contributed by atoms with E-state index in [1.165, 1.54) is 4.90 Å². The van der Waals surface area contributed by atoms with E-state index in [1.54, 1.807) is 0 Å². The number of hydrogen-bond acceptors (Lipinski definition) is 3. The predicted molar refractivity (Wildman–Crippen MR) is 91.6 cm³/mol. The first-order chi connectivity index (χ1) is 10.6. The van der Waals surface area contributed by atoms with Crippen molar-refractivity contribution in [1.29, 1.82) is 0 Å². The highest BCUT2D eigenvalue weighted by Gasteiger charge is 2.19. The molecular formula is C18H28N2O3. The lowest BCUT2D eigenvalue weighted by Gasteiger charge is -2.25. The third-order valence-corrected chi connectivity index (χ3v) is 3.28. The zero-order valence-corrected chi connectivity index (χ0v) is 15.0. The summed E-state index contributed by atoms with van der Waals surface area (Å²) in [4.78, 5) is 25.7. The normalized spacial score (nSPS) is 11.0. The van der Waals surface area contributed by atoms with Gasteiger partial charge in [-0.25, -0.2) is 0 Å². The second-order valence-electron chi connectivity index (χ2n) is 6.76. The van der Waals surface area contributed by atoms with Crippen LogP contribution in [0.5, 0.6) is 5.75 Å². The van der Waals surface area contributed by atoms with E-state index in [0.29, 0.717) is 12.3 Å². The predicted octanol–water partition coefficient (Wildman–Crippen LogP) is 2.45. The summed E-state index contributed by atoms with van der Waals surface area (Å²) >= 11 is 0. The first kappa shape index (κ1) is 19.0. The molecule has 0 aliphatic heterocycles. The van der Waals surface area contributed by atoms with E-state index in [2.05, 4.69) is 5.32 Å². The fraction of sp³-hybridized carbons (Fsp3) is 0.556. The van der Waals surface area contributed by atoms with Crippen LogP contribution in [-0.2, 0) is 9.59 Å². The maximum Gasteiger partial charge on any atom is 0.260 e. The van der Waals surface area contributed by atoms with Gasteiger partial charge >= 0.3 is 0 Å². The van der Waals surface area contributed by atoms with Crippen LogP contribution in [0.3, 0.4) is 0 Å². The molecule has 0 saturated heterocycles. The number of benzene rings is 1. The lowest BCUT2D eigenvalue weighted by Crippen LogP contribution is -2.48. The smallest absolute Gasteiger partial charge is 0.260 e. The third-order valence-electron chi connectivity index (χ3n) is 3.28. The standard InChI is InChI=1S/C18H28N2O3/c1-7-20(11-16(21)19-18(4,5)6)17(22)12-23-15-10-13(2)8-9-14(15)3/h8-10H,7,11-12H2,1-6H3,(H,19,21). The van der Waals surface area contributed by atoms with E-state index in [-0.39, 0.29) is 30.5 Å². The minimum atomic E-state index is -0.311. The molecule has 23 heavy (non-hydrogen) atoms. The molecule has 0 aliphatic carbocycles. The quantitative estimate of drug-likeness (QED) is 0.876. The van der Waals surface area contributed by atoms with Gasteiger partial charge in [-0.2, -0.15) is 0 Å². The minimum absolute atomic E-state index is 0.0444. The van der Waals surface area contributed by atoms with Crippen molar-refractivity contribution in [2.75, 3.05) is 19.7 Å². The molecule has 1 N–H and O–H groups in total. The van der Waals surface area contributed by atoms with Gasteiger partial charge < -0.3 is 15.0 Å². The minimum Gasteiger partial charge on any atom is -0.483 e. The lowest BCUT2D eigenvalue weighted by atomic mass is 10.1. The molecule has 0 saturated carbocycles. The molecule has 5 nitrogen and oxygen atoms in total. The van der Waals surface area contributed by atoms with Crippen LogP contribution in [0.25, 0.3) is 0 Å². The molecule has 0 unspecified atom stereocenters. The Kier molecular flexibility index (Phi) is 6.61. The third kappa shape index (κ3) is 6.72. The highest BCUT2D eigenvalue weighted by Crippen LogP contribution is 2.19. The van der Waals surface area contributed by atoms with Crippen molar-refractivity contribution in [2.45, 2.75) is 47.1 Å². The largest absolute Gasteiger partial charge is 0.483 e. The molecule has 0 fully saturated rings. The van der Waals surface area contributed by atoms with E-state index >= 15 is 0 Å². The summed E-state index contributed by atoms with van der Waals surface area (Å²) in [5.41, 5.74) is 1.75. The van der Waals surface area contributed by atoms with Crippen molar-refractivity contribution in [2.24, 2.45) is 0 Å². The second kappa shape index (κ2) is 7.99. The monoisotopic (exact) mass is 320 g/mol. The summed E-state index contributed by atoms with van der Waals surface area (Å²) in [5.74, 6) is 0.338. The van der Waals surface area contributed by atoms with E-state index in [9.17, 15) is 9.59 Å². The maximum atomic E-state index is 12.3. The molecule has 0 atom stereocenters. The van der Waals surface area contributed by atoms with Crippen molar-refractivity contribution in [3.8, 4) is 5.75 Å². The average Bonchev–Trinajstić information content (AvgIpc) is 2.43. The zero-order valence-electron chi connectivity index (χ0n) is 15.0. The Balaban J connectivity index is 2.60. The van der Waals surface area contributed by atoms with Gasteiger partial charge in [0.15, 0.2) is 6.61 Å². The van der Waals surface area contributed by atoms with Gasteiger partial charge in [-0.1, -0.05) is 12.1 Å². The van der Waals surface area contributed by atoms with Crippen molar-refractivity contribution in [1.82, 2.24) is 10.2 Å². The van der Waals surface area contributed by atoms with Crippen molar-refractivity contribution < 1.29 is 14.3 Å². The van der Waals surface area contributed by atoms with Crippen LogP contribution >= 0.6 is 0 Å². The van der Waals surface area contributed by atoms with Crippen LogP contribution in [0.15, 0.2) is 18.2 Å². The summed E-state index contributed by atoms with van der Waals surface area (Å²) < 4.78 is 5.62. The summed E-state index contributed by atoms with van der Waals surface area (Å²) in [6.45, 7) is 11.9. The highest BCUT2D eigenvalue weighted by atomic mass is 16.5. The molecule has 1 rings (SSSR count). The Hall–Kier alpha value is -2.04. The number of carbonyl (C=O) groups excluding carboxylic acids is 2. The molecule has 0 radical (unpaired) electrons. The topological polar surface area (TPSA) is 58.6 Å². The van der Waals surface area contributed by atoms with Crippen LogP contribution in [0.4, 0.5) is 0 Å². The number of hydrogen-bond donors (Lipinski definition) is 1. The molecule has 1 aromatic rings. The summed E-state index contributed by atoms with van der Waals surface area (Å²) in [7, 11) is 0. The van der Waals surface area contributed by atoms with Gasteiger partial charge in [-0.05, 0) is 58.7 Å². The van der Waals surface area contributed by atoms with Gasteiger partial charge in [0.05, 0.1) is 6.54 Å². The van der Waals surface area contributed by atoms with Crippen molar-refractivity contribution >= 4 is 11.8 Å². The fourth-order valence-electron chi connectivity index (χ4n) is 2.10. The Labute approximate surface area is 139 Å².